The molecule has 0 atom stereocenters. The molecule has 1 amide bonds. The van der Waals surface area contributed by atoms with E-state index in [4.69, 9.17) is 10.8 Å². The van der Waals surface area contributed by atoms with Crippen LogP contribution in [0.3, 0.4) is 0 Å². The summed E-state index contributed by atoms with van der Waals surface area (Å²) in [6.45, 7) is -0.204. The van der Waals surface area contributed by atoms with Crippen molar-refractivity contribution in [3.8, 4) is 0 Å². The van der Waals surface area contributed by atoms with E-state index in [0.717, 1.165) is 6.20 Å². The van der Waals surface area contributed by atoms with Crippen molar-refractivity contribution in [1.82, 2.24) is 9.78 Å². The van der Waals surface area contributed by atoms with Crippen LogP contribution in [-0.2, 0) is 11.8 Å². The molecule has 0 spiro atoms. The molecule has 1 aromatic heterocycles. The molecule has 7 nitrogen and oxygen atoms in total. The van der Waals surface area contributed by atoms with Gasteiger partial charge in [0.15, 0.2) is 0 Å². The van der Waals surface area contributed by atoms with E-state index in [1.54, 1.807) is 0 Å². The summed E-state index contributed by atoms with van der Waals surface area (Å²) < 4.78 is 1.26. The van der Waals surface area contributed by atoms with E-state index < -0.39 is 11.9 Å². The van der Waals surface area contributed by atoms with Crippen molar-refractivity contribution >= 4 is 17.7 Å². The normalized spacial score (nSPS) is 9.86. The predicted molar refractivity (Wildman–Crippen MR) is 47.9 cm³/mol. The minimum Gasteiger partial charge on any atom is -0.477 e. The van der Waals surface area contributed by atoms with Gasteiger partial charge in [-0.3, -0.25) is 9.48 Å². The number of amides is 1. The first kappa shape index (κ1) is 10.2. The number of nitrogens with one attached hydrogen (secondary N) is 1. The number of aryl methyl sites for hydroxylation is 1. The summed E-state index contributed by atoms with van der Waals surface area (Å²) in [6.07, 6.45) is 1.16. The standard InChI is InChI=1S/C7H10N4O3/c1-11-6(10-5(12)2-8)4(3-9-11)7(13)14/h3H,2,8H2,1H3,(H,10,12)(H,13,14). The van der Waals surface area contributed by atoms with Crippen LogP contribution in [0.4, 0.5) is 5.82 Å². The first-order valence-corrected chi connectivity index (χ1v) is 3.81. The van der Waals surface area contributed by atoms with Crippen LogP contribution in [0.5, 0.6) is 0 Å². The van der Waals surface area contributed by atoms with Crippen LogP contribution < -0.4 is 11.1 Å². The number of anilines is 1. The van der Waals surface area contributed by atoms with E-state index in [1.165, 1.54) is 11.7 Å². The Morgan fingerprint density at radius 1 is 1.71 bits per heavy atom. The van der Waals surface area contributed by atoms with Crippen molar-refractivity contribution in [2.24, 2.45) is 12.8 Å². The number of carbonyl (C=O) groups excluding carboxylic acids is 1. The zero-order valence-corrected chi connectivity index (χ0v) is 7.52. The molecule has 0 saturated carbocycles. The van der Waals surface area contributed by atoms with Crippen molar-refractivity contribution in [2.45, 2.75) is 0 Å². The van der Waals surface area contributed by atoms with E-state index in [2.05, 4.69) is 10.4 Å². The number of carbonyl (C=O) groups is 2. The third-order valence-electron chi connectivity index (χ3n) is 1.61. The van der Waals surface area contributed by atoms with Crippen LogP contribution in [0.1, 0.15) is 10.4 Å². The number of aromatic nitrogens is 2. The van der Waals surface area contributed by atoms with E-state index in [-0.39, 0.29) is 17.9 Å². The highest BCUT2D eigenvalue weighted by atomic mass is 16.4. The summed E-state index contributed by atoms with van der Waals surface area (Å²) in [5.74, 6) is -1.48. The fourth-order valence-corrected chi connectivity index (χ4v) is 0.925. The molecule has 0 fully saturated rings. The first-order valence-electron chi connectivity index (χ1n) is 3.81. The molecule has 0 aliphatic heterocycles. The molecular weight excluding hydrogens is 188 g/mol. The van der Waals surface area contributed by atoms with Crippen molar-refractivity contribution in [3.63, 3.8) is 0 Å². The number of carboxylic acids is 1. The fraction of sp³-hybridized carbons (Fsp3) is 0.286. The summed E-state index contributed by atoms with van der Waals surface area (Å²) in [4.78, 5) is 21.6. The van der Waals surface area contributed by atoms with Crippen LogP contribution in [0.15, 0.2) is 6.20 Å². The van der Waals surface area contributed by atoms with Crippen molar-refractivity contribution < 1.29 is 14.7 Å². The molecule has 1 rings (SSSR count). The average molecular weight is 198 g/mol. The smallest absolute Gasteiger partial charge is 0.341 e. The quantitative estimate of drug-likeness (QED) is 0.577. The summed E-state index contributed by atoms with van der Waals surface area (Å²) in [7, 11) is 1.53. The van der Waals surface area contributed by atoms with Gasteiger partial charge >= 0.3 is 5.97 Å². The third-order valence-corrected chi connectivity index (χ3v) is 1.61. The van der Waals surface area contributed by atoms with Gasteiger partial charge in [0.1, 0.15) is 11.4 Å². The molecule has 14 heavy (non-hydrogen) atoms. The van der Waals surface area contributed by atoms with Gasteiger partial charge in [-0.05, 0) is 0 Å². The fourth-order valence-electron chi connectivity index (χ4n) is 0.925. The molecule has 0 saturated heterocycles. The maximum atomic E-state index is 10.9. The van der Waals surface area contributed by atoms with Crippen molar-refractivity contribution in [3.05, 3.63) is 11.8 Å². The Kier molecular flexibility index (Phi) is 2.82. The molecule has 0 aliphatic carbocycles. The van der Waals surface area contributed by atoms with Gasteiger partial charge in [0.25, 0.3) is 0 Å². The molecule has 0 aromatic carbocycles. The van der Waals surface area contributed by atoms with E-state index in [9.17, 15) is 9.59 Å². The van der Waals surface area contributed by atoms with Gasteiger partial charge in [-0.2, -0.15) is 5.10 Å². The van der Waals surface area contributed by atoms with Crippen molar-refractivity contribution in [2.75, 3.05) is 11.9 Å². The topological polar surface area (TPSA) is 110 Å². The molecule has 0 unspecified atom stereocenters. The predicted octanol–water partition coefficient (Wildman–Crippen LogP) is -0.984. The monoisotopic (exact) mass is 198 g/mol. The van der Waals surface area contributed by atoms with Crippen LogP contribution >= 0.6 is 0 Å². The minimum absolute atomic E-state index is 0.0608. The molecule has 7 heteroatoms. The number of carboxylic acid groups (broad SMARTS) is 1. The maximum Gasteiger partial charge on any atom is 0.341 e. The maximum absolute atomic E-state index is 10.9. The molecule has 0 bridgehead atoms. The van der Waals surface area contributed by atoms with Gasteiger partial charge in [-0.15, -0.1) is 0 Å². The third kappa shape index (κ3) is 1.88. The second-order valence-corrected chi connectivity index (χ2v) is 2.59. The Morgan fingerprint density at radius 3 is 2.86 bits per heavy atom. The van der Waals surface area contributed by atoms with Crippen LogP contribution in [0.2, 0.25) is 0 Å². The van der Waals surface area contributed by atoms with Crippen molar-refractivity contribution in [1.29, 1.82) is 0 Å². The number of nitrogens with two attached hydrogens (primary N) is 1. The molecule has 0 aliphatic rings. The first-order chi connectivity index (χ1) is 6.56. The van der Waals surface area contributed by atoms with E-state index in [0.29, 0.717) is 0 Å². The van der Waals surface area contributed by atoms with Gasteiger partial charge in [0, 0.05) is 7.05 Å². The zero-order chi connectivity index (χ0) is 10.7. The van der Waals surface area contributed by atoms with Crippen LogP contribution in [0.25, 0.3) is 0 Å². The Bertz CT molecular complexity index is 371. The van der Waals surface area contributed by atoms with E-state index >= 15 is 0 Å². The summed E-state index contributed by atoms with van der Waals surface area (Å²) in [5, 5.41) is 14.8. The Hall–Kier alpha value is -1.89. The highest BCUT2D eigenvalue weighted by Gasteiger charge is 2.16. The van der Waals surface area contributed by atoms with Gasteiger partial charge in [0.05, 0.1) is 12.7 Å². The molecule has 1 aromatic rings. The SMILES string of the molecule is Cn1ncc(C(=O)O)c1NC(=O)CN. The highest BCUT2D eigenvalue weighted by molar-refractivity contribution is 5.99. The lowest BCUT2D eigenvalue weighted by Crippen LogP contribution is -2.24. The molecule has 0 radical (unpaired) electrons. The average Bonchev–Trinajstić information content (AvgIpc) is 2.48. The minimum atomic E-state index is -1.15. The number of hydrogen-bond donors (Lipinski definition) is 3. The summed E-state index contributed by atoms with van der Waals surface area (Å²) >= 11 is 0. The summed E-state index contributed by atoms with van der Waals surface area (Å²) in [5.41, 5.74) is 5.01. The second-order valence-electron chi connectivity index (χ2n) is 2.59. The summed E-state index contributed by atoms with van der Waals surface area (Å²) in [6, 6.07) is 0. The van der Waals surface area contributed by atoms with Gasteiger partial charge in [-0.1, -0.05) is 0 Å². The molecular formula is C7H10N4O3. The van der Waals surface area contributed by atoms with E-state index in [1.807, 2.05) is 0 Å². The number of nitrogens with zero attached hydrogens (tertiary/aromatic N) is 2. The number of aromatic carboxylic acids is 1. The largest absolute Gasteiger partial charge is 0.477 e. The lowest BCUT2D eigenvalue weighted by Gasteiger charge is -2.04. The van der Waals surface area contributed by atoms with Gasteiger partial charge < -0.3 is 16.2 Å². The lowest BCUT2D eigenvalue weighted by molar-refractivity contribution is -0.114. The van der Waals surface area contributed by atoms with Crippen LogP contribution in [-0.4, -0.2) is 33.3 Å². The number of rotatable bonds is 3. The Balaban J connectivity index is 2.99. The van der Waals surface area contributed by atoms with Gasteiger partial charge in [0.2, 0.25) is 5.91 Å². The van der Waals surface area contributed by atoms with Crippen LogP contribution in [0, 0.1) is 0 Å². The lowest BCUT2D eigenvalue weighted by atomic mass is 10.3. The Labute approximate surface area is 79.5 Å². The zero-order valence-electron chi connectivity index (χ0n) is 7.52. The molecule has 4 N–H and O–H groups in total. The Morgan fingerprint density at radius 2 is 2.36 bits per heavy atom. The van der Waals surface area contributed by atoms with Gasteiger partial charge in [-0.25, -0.2) is 4.79 Å². The second kappa shape index (κ2) is 3.88. The molecule has 76 valence electrons. The number of hydrogen-bond acceptors (Lipinski definition) is 4. The molecule has 1 heterocycles. The highest BCUT2D eigenvalue weighted by Crippen LogP contribution is 2.13.